The highest BCUT2D eigenvalue weighted by molar-refractivity contribution is 5.89. The van der Waals surface area contributed by atoms with E-state index in [0.717, 1.165) is 30.6 Å². The Bertz CT molecular complexity index is 376. The molecule has 0 spiro atoms. The van der Waals surface area contributed by atoms with E-state index in [1.807, 2.05) is 38.4 Å². The van der Waals surface area contributed by atoms with Gasteiger partial charge in [0.05, 0.1) is 0 Å². The van der Waals surface area contributed by atoms with Crippen LogP contribution in [0.5, 0.6) is 0 Å². The van der Waals surface area contributed by atoms with Gasteiger partial charge in [-0.25, -0.2) is 4.79 Å². The Balaban J connectivity index is 2.19. The normalized spacial score (nSPS) is 10.5. The molecule has 19 heavy (non-hydrogen) atoms. The van der Waals surface area contributed by atoms with Crippen LogP contribution in [0.15, 0.2) is 24.3 Å². The van der Waals surface area contributed by atoms with Gasteiger partial charge in [0.2, 0.25) is 0 Å². The Morgan fingerprint density at radius 2 is 1.89 bits per heavy atom. The van der Waals surface area contributed by atoms with Crippen molar-refractivity contribution in [2.24, 2.45) is 5.73 Å². The molecule has 0 saturated heterocycles. The van der Waals surface area contributed by atoms with E-state index in [4.69, 9.17) is 5.73 Å². The van der Waals surface area contributed by atoms with E-state index in [-0.39, 0.29) is 6.03 Å². The highest BCUT2D eigenvalue weighted by atomic mass is 16.2. The molecule has 0 aliphatic heterocycles. The average molecular weight is 264 g/mol. The van der Waals surface area contributed by atoms with Crippen LogP contribution in [-0.4, -0.2) is 38.1 Å². The van der Waals surface area contributed by atoms with Crippen molar-refractivity contribution in [1.82, 2.24) is 10.2 Å². The molecule has 1 aromatic rings. The van der Waals surface area contributed by atoms with Crippen LogP contribution in [0, 0.1) is 0 Å². The van der Waals surface area contributed by atoms with Gasteiger partial charge < -0.3 is 21.3 Å². The molecule has 0 aliphatic rings. The summed E-state index contributed by atoms with van der Waals surface area (Å²) < 4.78 is 0. The third kappa shape index (κ3) is 6.79. The fraction of sp³-hybridized carbons (Fsp3) is 0.500. The first-order chi connectivity index (χ1) is 9.11. The zero-order valence-corrected chi connectivity index (χ0v) is 11.8. The van der Waals surface area contributed by atoms with Gasteiger partial charge in [0.15, 0.2) is 0 Å². The SMILES string of the molecule is CN(C)CCCCNC(=O)Nc1ccc(CN)cc1. The molecule has 4 N–H and O–H groups in total. The van der Waals surface area contributed by atoms with Crippen molar-refractivity contribution in [1.29, 1.82) is 0 Å². The maximum Gasteiger partial charge on any atom is 0.319 e. The van der Waals surface area contributed by atoms with Crippen molar-refractivity contribution in [3.05, 3.63) is 29.8 Å². The van der Waals surface area contributed by atoms with Crippen molar-refractivity contribution in [2.45, 2.75) is 19.4 Å². The lowest BCUT2D eigenvalue weighted by Crippen LogP contribution is -2.29. The molecule has 0 heterocycles. The number of benzene rings is 1. The van der Waals surface area contributed by atoms with Crippen LogP contribution in [0.3, 0.4) is 0 Å². The number of urea groups is 1. The van der Waals surface area contributed by atoms with Crippen LogP contribution in [-0.2, 0) is 6.54 Å². The lowest BCUT2D eigenvalue weighted by molar-refractivity contribution is 0.251. The van der Waals surface area contributed by atoms with Gasteiger partial charge in [-0.05, 0) is 51.2 Å². The summed E-state index contributed by atoms with van der Waals surface area (Å²) in [5.74, 6) is 0. The summed E-state index contributed by atoms with van der Waals surface area (Å²) in [6.45, 7) is 2.25. The number of hydrogen-bond acceptors (Lipinski definition) is 3. The summed E-state index contributed by atoms with van der Waals surface area (Å²) in [5, 5.41) is 5.63. The minimum Gasteiger partial charge on any atom is -0.338 e. The van der Waals surface area contributed by atoms with E-state index in [9.17, 15) is 4.79 Å². The third-order valence-corrected chi connectivity index (χ3v) is 2.77. The summed E-state index contributed by atoms with van der Waals surface area (Å²) >= 11 is 0. The molecule has 0 aliphatic carbocycles. The van der Waals surface area contributed by atoms with E-state index in [1.165, 1.54) is 0 Å². The molecule has 2 amide bonds. The maximum absolute atomic E-state index is 11.6. The Morgan fingerprint density at radius 1 is 1.21 bits per heavy atom. The maximum atomic E-state index is 11.6. The van der Waals surface area contributed by atoms with Gasteiger partial charge in [0, 0.05) is 18.8 Å². The van der Waals surface area contributed by atoms with Crippen LogP contribution in [0.4, 0.5) is 10.5 Å². The summed E-state index contributed by atoms with van der Waals surface area (Å²) in [4.78, 5) is 13.7. The largest absolute Gasteiger partial charge is 0.338 e. The number of anilines is 1. The third-order valence-electron chi connectivity index (χ3n) is 2.77. The molecule has 0 bridgehead atoms. The molecule has 5 heteroatoms. The summed E-state index contributed by atoms with van der Waals surface area (Å²) in [6.07, 6.45) is 2.07. The molecule has 0 saturated carbocycles. The van der Waals surface area contributed by atoms with Crippen molar-refractivity contribution in [2.75, 3.05) is 32.5 Å². The molecule has 0 unspecified atom stereocenters. The van der Waals surface area contributed by atoms with Crippen molar-refractivity contribution in [3.63, 3.8) is 0 Å². The Hall–Kier alpha value is -1.59. The van der Waals surface area contributed by atoms with Crippen LogP contribution < -0.4 is 16.4 Å². The molecule has 106 valence electrons. The highest BCUT2D eigenvalue weighted by Gasteiger charge is 2.00. The Labute approximate surface area is 115 Å². The number of amides is 2. The topological polar surface area (TPSA) is 70.4 Å². The summed E-state index contributed by atoms with van der Waals surface area (Å²) in [5.41, 5.74) is 7.34. The van der Waals surface area contributed by atoms with Crippen LogP contribution in [0.2, 0.25) is 0 Å². The molecule has 0 radical (unpaired) electrons. The molecule has 1 aromatic carbocycles. The summed E-state index contributed by atoms with van der Waals surface area (Å²) in [7, 11) is 4.09. The number of nitrogens with zero attached hydrogens (tertiary/aromatic N) is 1. The fourth-order valence-electron chi connectivity index (χ4n) is 1.65. The number of unbranched alkanes of at least 4 members (excludes halogenated alkanes) is 1. The molecular weight excluding hydrogens is 240 g/mol. The minimum absolute atomic E-state index is 0.162. The highest BCUT2D eigenvalue weighted by Crippen LogP contribution is 2.08. The lowest BCUT2D eigenvalue weighted by Gasteiger charge is -2.10. The van der Waals surface area contributed by atoms with Crippen LogP contribution in [0.1, 0.15) is 18.4 Å². The number of nitrogens with one attached hydrogen (secondary N) is 2. The first-order valence-electron chi connectivity index (χ1n) is 6.60. The first kappa shape index (κ1) is 15.5. The standard InChI is InChI=1S/C14H24N4O/c1-18(2)10-4-3-9-16-14(19)17-13-7-5-12(11-15)6-8-13/h5-8H,3-4,9-11,15H2,1-2H3,(H2,16,17,19). The molecule has 0 atom stereocenters. The fourth-order valence-corrected chi connectivity index (χ4v) is 1.65. The number of carbonyl (C=O) groups excluding carboxylic acids is 1. The second kappa shape index (κ2) is 8.50. The predicted octanol–water partition coefficient (Wildman–Crippen LogP) is 1.61. The van der Waals surface area contributed by atoms with Crippen molar-refractivity contribution < 1.29 is 4.79 Å². The van der Waals surface area contributed by atoms with Gasteiger partial charge in [0.25, 0.3) is 0 Å². The van der Waals surface area contributed by atoms with Gasteiger partial charge in [-0.3, -0.25) is 0 Å². The number of hydrogen-bond donors (Lipinski definition) is 3. The second-order valence-electron chi connectivity index (χ2n) is 4.79. The molecule has 0 fully saturated rings. The zero-order valence-electron chi connectivity index (χ0n) is 11.8. The van der Waals surface area contributed by atoms with E-state index >= 15 is 0 Å². The molecular formula is C14H24N4O. The minimum atomic E-state index is -0.162. The first-order valence-corrected chi connectivity index (χ1v) is 6.60. The Morgan fingerprint density at radius 3 is 2.47 bits per heavy atom. The number of carbonyl (C=O) groups is 1. The van der Waals surface area contributed by atoms with Crippen LogP contribution in [0.25, 0.3) is 0 Å². The molecule has 0 aromatic heterocycles. The van der Waals surface area contributed by atoms with Crippen LogP contribution >= 0.6 is 0 Å². The van der Waals surface area contributed by atoms with Gasteiger partial charge in [-0.15, -0.1) is 0 Å². The second-order valence-corrected chi connectivity index (χ2v) is 4.79. The smallest absolute Gasteiger partial charge is 0.319 e. The van der Waals surface area contributed by atoms with Gasteiger partial charge in [-0.1, -0.05) is 12.1 Å². The molecule has 5 nitrogen and oxygen atoms in total. The monoisotopic (exact) mass is 264 g/mol. The van der Waals surface area contributed by atoms with E-state index < -0.39 is 0 Å². The quantitative estimate of drug-likeness (QED) is 0.655. The predicted molar refractivity (Wildman–Crippen MR) is 79.1 cm³/mol. The van der Waals surface area contributed by atoms with Crippen molar-refractivity contribution in [3.8, 4) is 0 Å². The zero-order chi connectivity index (χ0) is 14.1. The van der Waals surface area contributed by atoms with E-state index in [0.29, 0.717) is 13.1 Å². The number of nitrogens with two attached hydrogens (primary N) is 1. The summed E-state index contributed by atoms with van der Waals surface area (Å²) in [6, 6.07) is 7.37. The van der Waals surface area contributed by atoms with Gasteiger partial charge in [-0.2, -0.15) is 0 Å². The van der Waals surface area contributed by atoms with Crippen molar-refractivity contribution >= 4 is 11.7 Å². The lowest BCUT2D eigenvalue weighted by atomic mass is 10.2. The number of rotatable bonds is 7. The van der Waals surface area contributed by atoms with Gasteiger partial charge in [0.1, 0.15) is 0 Å². The van der Waals surface area contributed by atoms with E-state index in [1.54, 1.807) is 0 Å². The van der Waals surface area contributed by atoms with Gasteiger partial charge >= 0.3 is 6.03 Å². The van der Waals surface area contributed by atoms with E-state index in [2.05, 4.69) is 15.5 Å². The Kier molecular flexibility index (Phi) is 6.92. The molecule has 1 rings (SSSR count). The average Bonchev–Trinajstić information content (AvgIpc) is 2.39.